The van der Waals surface area contributed by atoms with Crippen LogP contribution in [-0.4, -0.2) is 45.8 Å². The van der Waals surface area contributed by atoms with Gasteiger partial charge in [-0.1, -0.05) is 6.92 Å². The van der Waals surface area contributed by atoms with Crippen LogP contribution < -0.4 is 0 Å². The summed E-state index contributed by atoms with van der Waals surface area (Å²) in [5, 5.41) is 9.08. The predicted molar refractivity (Wildman–Crippen MR) is 127 cm³/mol. The second kappa shape index (κ2) is 8.48. The van der Waals surface area contributed by atoms with Crippen molar-refractivity contribution in [2.45, 2.75) is 124 Å². The second-order valence-electron chi connectivity index (χ2n) is 13.0. The summed E-state index contributed by atoms with van der Waals surface area (Å²) >= 11 is 0. The molecule has 1 N–H and O–H groups in total. The number of aliphatic carboxylic acids is 1. The molecule has 4 fully saturated rings. The van der Waals surface area contributed by atoms with Crippen molar-refractivity contribution in [1.29, 1.82) is 0 Å². The lowest BCUT2D eigenvalue weighted by molar-refractivity contribution is -0.292. The second-order valence-corrected chi connectivity index (χ2v) is 13.0. The normalized spacial score (nSPS) is 32.2. The number of hydrogen-bond acceptors (Lipinski definition) is 7. The molecule has 0 spiro atoms. The summed E-state index contributed by atoms with van der Waals surface area (Å²) in [6, 6.07) is 0. The largest absolute Gasteiger partial charge is 0.481 e. The van der Waals surface area contributed by atoms with Crippen LogP contribution >= 0.6 is 0 Å². The van der Waals surface area contributed by atoms with Crippen LogP contribution in [0.3, 0.4) is 0 Å². The highest BCUT2D eigenvalue weighted by atomic mass is 16.6. The lowest BCUT2D eigenvalue weighted by atomic mass is 9.37. The Balaban J connectivity index is 2.08. The average Bonchev–Trinajstić information content (AvgIpc) is 2.64. The maximum atomic E-state index is 13.3. The summed E-state index contributed by atoms with van der Waals surface area (Å²) in [7, 11) is 0. The minimum atomic E-state index is -1.24. The van der Waals surface area contributed by atoms with E-state index in [1.54, 1.807) is 0 Å². The number of carboxylic acids is 1. The molecule has 0 heterocycles. The predicted octanol–water partition coefficient (Wildman–Crippen LogP) is 4.81. The van der Waals surface area contributed by atoms with E-state index in [2.05, 4.69) is 0 Å². The van der Waals surface area contributed by atoms with Gasteiger partial charge < -0.3 is 19.3 Å². The Hall–Kier alpha value is -2.12. The molecule has 0 aromatic carbocycles. The van der Waals surface area contributed by atoms with Crippen LogP contribution in [0.4, 0.5) is 0 Å². The number of ether oxygens (including phenoxy) is 3. The van der Waals surface area contributed by atoms with E-state index in [4.69, 9.17) is 19.3 Å². The number of carbonyl (C=O) groups is 4. The molecule has 0 aliphatic heterocycles. The summed E-state index contributed by atoms with van der Waals surface area (Å²) in [5.41, 5.74) is -4.29. The van der Waals surface area contributed by atoms with Crippen LogP contribution in [0.25, 0.3) is 0 Å². The van der Waals surface area contributed by atoms with Gasteiger partial charge >= 0.3 is 23.9 Å². The zero-order chi connectivity index (χ0) is 26.7. The smallest absolute Gasteiger partial charge is 0.317 e. The molecule has 4 atom stereocenters. The fraction of sp³-hybridized carbons (Fsp3) is 0.852. The molecule has 4 aliphatic carbocycles. The van der Waals surface area contributed by atoms with Gasteiger partial charge in [0.15, 0.2) is 0 Å². The molecular weight excluding hydrogens is 452 g/mol. The van der Waals surface area contributed by atoms with E-state index in [-0.39, 0.29) is 17.9 Å². The third kappa shape index (κ3) is 4.82. The van der Waals surface area contributed by atoms with E-state index in [1.165, 1.54) is 6.92 Å². The van der Waals surface area contributed by atoms with E-state index in [0.29, 0.717) is 25.7 Å². The zero-order valence-electron chi connectivity index (χ0n) is 22.5. The van der Waals surface area contributed by atoms with Gasteiger partial charge in [-0.05, 0) is 92.4 Å². The van der Waals surface area contributed by atoms with Gasteiger partial charge in [0.2, 0.25) is 0 Å². The van der Waals surface area contributed by atoms with Gasteiger partial charge in [-0.3, -0.25) is 19.2 Å². The van der Waals surface area contributed by atoms with Gasteiger partial charge in [0, 0.05) is 17.8 Å². The first-order valence-electron chi connectivity index (χ1n) is 12.7. The zero-order valence-corrected chi connectivity index (χ0v) is 22.5. The van der Waals surface area contributed by atoms with Gasteiger partial charge in [-0.25, -0.2) is 0 Å². The van der Waals surface area contributed by atoms with Crippen LogP contribution in [0.1, 0.15) is 107 Å². The van der Waals surface area contributed by atoms with Crippen molar-refractivity contribution < 1.29 is 38.5 Å². The first kappa shape index (κ1) is 27.5. The van der Waals surface area contributed by atoms with Crippen molar-refractivity contribution in [3.05, 3.63) is 0 Å². The maximum absolute atomic E-state index is 13.3. The number of esters is 3. The molecule has 8 nitrogen and oxygen atoms in total. The lowest BCUT2D eigenvalue weighted by Crippen LogP contribution is -2.71. The van der Waals surface area contributed by atoms with Crippen molar-refractivity contribution in [1.82, 2.24) is 0 Å². The van der Waals surface area contributed by atoms with Gasteiger partial charge in [0.1, 0.15) is 23.2 Å². The molecule has 4 unspecified atom stereocenters. The average molecular weight is 495 g/mol. The van der Waals surface area contributed by atoms with E-state index in [0.717, 1.165) is 19.3 Å². The Morgan fingerprint density at radius 1 is 0.857 bits per heavy atom. The third-order valence-electron chi connectivity index (χ3n) is 9.38. The van der Waals surface area contributed by atoms with Gasteiger partial charge in [-0.2, -0.15) is 0 Å². The molecule has 35 heavy (non-hydrogen) atoms. The molecule has 0 amide bonds. The van der Waals surface area contributed by atoms with E-state index < -0.39 is 51.4 Å². The van der Waals surface area contributed by atoms with Crippen molar-refractivity contribution in [3.8, 4) is 0 Å². The van der Waals surface area contributed by atoms with Gasteiger partial charge in [-0.15, -0.1) is 0 Å². The Kier molecular flexibility index (Phi) is 6.65. The highest BCUT2D eigenvalue weighted by Crippen LogP contribution is 2.73. The lowest BCUT2D eigenvalue weighted by Gasteiger charge is -2.71. The van der Waals surface area contributed by atoms with Crippen LogP contribution in [0.15, 0.2) is 0 Å². The highest BCUT2D eigenvalue weighted by Gasteiger charge is 2.73. The summed E-state index contributed by atoms with van der Waals surface area (Å²) < 4.78 is 18.1. The topological polar surface area (TPSA) is 116 Å². The number of hydrogen-bond donors (Lipinski definition) is 1. The van der Waals surface area contributed by atoms with Crippen LogP contribution in [0, 0.1) is 22.2 Å². The van der Waals surface area contributed by atoms with E-state index >= 15 is 0 Å². The van der Waals surface area contributed by atoms with Crippen LogP contribution in [-0.2, 0) is 33.4 Å². The van der Waals surface area contributed by atoms with Crippen molar-refractivity contribution in [2.75, 3.05) is 0 Å². The summed E-state index contributed by atoms with van der Waals surface area (Å²) in [6.45, 7) is 14.6. The SMILES string of the molecule is CCC(C)(C)C(=O)OC12CC3CC(C(C)(C)OC(C)=O)(C1)CC(C(C)(C)OC(=O)CC(=O)O)(C3)C2. The van der Waals surface area contributed by atoms with Gasteiger partial charge in [0.05, 0.1) is 5.41 Å². The molecule has 4 bridgehead atoms. The molecule has 4 rings (SSSR count). The summed E-state index contributed by atoms with van der Waals surface area (Å²) in [4.78, 5) is 49.0. The molecular formula is C27H42O8. The number of carbonyl (C=O) groups excluding carboxylic acids is 3. The van der Waals surface area contributed by atoms with E-state index in [1.807, 2.05) is 48.5 Å². The Morgan fingerprint density at radius 3 is 1.83 bits per heavy atom. The van der Waals surface area contributed by atoms with Gasteiger partial charge in [0.25, 0.3) is 0 Å². The maximum Gasteiger partial charge on any atom is 0.317 e. The quantitative estimate of drug-likeness (QED) is 0.276. The van der Waals surface area contributed by atoms with E-state index in [9.17, 15) is 19.2 Å². The standard InChI is InChI=1S/C27H42O8/c1-9-22(3,4)21(32)35-27-13-18-11-25(15-27,23(5,6)33-17(2)28)14-26(12-18,16-27)24(7,8)34-20(31)10-19(29)30/h18H,9-16H2,1-8H3,(H,29,30). The van der Waals surface area contributed by atoms with Crippen molar-refractivity contribution >= 4 is 23.9 Å². The number of rotatable bonds is 9. The first-order valence-corrected chi connectivity index (χ1v) is 12.7. The molecule has 4 saturated carbocycles. The first-order chi connectivity index (χ1) is 15.8. The van der Waals surface area contributed by atoms with Crippen LogP contribution in [0.5, 0.6) is 0 Å². The Morgan fingerprint density at radius 2 is 1.37 bits per heavy atom. The molecule has 8 heteroatoms. The fourth-order valence-electron chi connectivity index (χ4n) is 7.31. The highest BCUT2D eigenvalue weighted by molar-refractivity contribution is 5.90. The minimum Gasteiger partial charge on any atom is -0.481 e. The fourth-order valence-corrected chi connectivity index (χ4v) is 7.31. The summed E-state index contributed by atoms with van der Waals surface area (Å²) in [6.07, 6.45) is 3.96. The summed E-state index contributed by atoms with van der Waals surface area (Å²) in [5.74, 6) is -2.46. The third-order valence-corrected chi connectivity index (χ3v) is 9.38. The Bertz CT molecular complexity index is 918. The molecule has 4 aliphatic rings. The monoisotopic (exact) mass is 494 g/mol. The molecule has 0 radical (unpaired) electrons. The number of carboxylic acid groups (broad SMARTS) is 1. The van der Waals surface area contributed by atoms with Crippen molar-refractivity contribution in [2.24, 2.45) is 22.2 Å². The van der Waals surface area contributed by atoms with Crippen molar-refractivity contribution in [3.63, 3.8) is 0 Å². The molecule has 0 saturated heterocycles. The van der Waals surface area contributed by atoms with Crippen LogP contribution in [0.2, 0.25) is 0 Å². The molecule has 198 valence electrons. The minimum absolute atomic E-state index is 0.191. The Labute approximate surface area is 208 Å². The molecule has 0 aromatic heterocycles. The molecule has 0 aromatic rings.